The maximum absolute atomic E-state index is 11.8. The van der Waals surface area contributed by atoms with Crippen molar-refractivity contribution < 1.29 is 22.1 Å². The average molecular weight is 304 g/mol. The smallest absolute Gasteiger partial charge is 0.330 e. The van der Waals surface area contributed by atoms with Gasteiger partial charge in [0, 0.05) is 12.3 Å². The van der Waals surface area contributed by atoms with Crippen LogP contribution in [0.4, 0.5) is 0 Å². The molecule has 0 bridgehead atoms. The monoisotopic (exact) mass is 304 g/mol. The first-order valence-corrected chi connectivity index (χ1v) is 7.63. The second-order valence-corrected chi connectivity index (χ2v) is 6.25. The number of fused-ring (bicyclic) bond motifs is 1. The van der Waals surface area contributed by atoms with Gasteiger partial charge >= 0.3 is 5.69 Å². The Hall–Kier alpha value is -1.49. The number of nitrogens with one attached hydrogen (secondary N) is 1. The molecule has 10 heteroatoms. The summed E-state index contributed by atoms with van der Waals surface area (Å²) in [5.74, 6) is 0. The fourth-order valence-electron chi connectivity index (χ4n) is 2.28. The summed E-state index contributed by atoms with van der Waals surface area (Å²) in [5, 5.41) is 0. The van der Waals surface area contributed by atoms with Crippen molar-refractivity contribution in [3.8, 4) is 0 Å². The maximum Gasteiger partial charge on any atom is 0.330 e. The van der Waals surface area contributed by atoms with E-state index in [4.69, 9.17) is 13.7 Å². The Kier molecular flexibility index (Phi) is 3.05. The van der Waals surface area contributed by atoms with E-state index < -0.39 is 39.8 Å². The largest absolute Gasteiger partial charge is 0.370 e. The Morgan fingerprint density at radius 3 is 2.75 bits per heavy atom. The van der Waals surface area contributed by atoms with Crippen molar-refractivity contribution in [1.82, 2.24) is 9.55 Å². The highest BCUT2D eigenvalue weighted by atomic mass is 32.2. The molecule has 0 radical (unpaired) electrons. The molecule has 0 amide bonds. The fraction of sp³-hybridized carbons (Fsp3) is 0.600. The highest BCUT2D eigenvalue weighted by Gasteiger charge is 2.54. The lowest BCUT2D eigenvalue weighted by atomic mass is 10.1. The maximum atomic E-state index is 11.8. The van der Waals surface area contributed by atoms with Crippen LogP contribution < -0.4 is 11.2 Å². The molecule has 3 rings (SSSR count). The minimum atomic E-state index is -3.74. The van der Waals surface area contributed by atoms with Gasteiger partial charge in [-0.15, -0.1) is 0 Å². The Morgan fingerprint density at radius 2 is 2.20 bits per heavy atom. The minimum Gasteiger partial charge on any atom is -0.370 e. The summed E-state index contributed by atoms with van der Waals surface area (Å²) in [6, 6.07) is 1.14. The zero-order chi connectivity index (χ0) is 14.5. The van der Waals surface area contributed by atoms with Crippen molar-refractivity contribution in [2.45, 2.75) is 24.5 Å². The molecule has 110 valence electrons. The summed E-state index contributed by atoms with van der Waals surface area (Å²) in [5.41, 5.74) is -1.25. The summed E-state index contributed by atoms with van der Waals surface area (Å²) in [4.78, 5) is 24.9. The molecule has 1 N–H and O–H groups in total. The molecule has 0 aromatic carbocycles. The van der Waals surface area contributed by atoms with E-state index in [0.717, 1.165) is 16.9 Å². The quantitative estimate of drug-likeness (QED) is 0.653. The van der Waals surface area contributed by atoms with Crippen LogP contribution in [0.15, 0.2) is 21.9 Å². The van der Waals surface area contributed by atoms with Crippen LogP contribution in [0.5, 0.6) is 0 Å². The van der Waals surface area contributed by atoms with Crippen LogP contribution in [0.25, 0.3) is 0 Å². The number of aromatic amines is 1. The molecule has 9 nitrogen and oxygen atoms in total. The number of hydrogen-bond donors (Lipinski definition) is 1. The van der Waals surface area contributed by atoms with Crippen LogP contribution >= 0.6 is 0 Å². The Labute approximate surface area is 113 Å². The molecule has 2 aliphatic rings. The van der Waals surface area contributed by atoms with Crippen LogP contribution in [0.2, 0.25) is 0 Å². The van der Waals surface area contributed by atoms with E-state index in [9.17, 15) is 18.0 Å². The Bertz CT molecular complexity index is 736. The normalized spacial score (nSPS) is 32.6. The van der Waals surface area contributed by atoms with Gasteiger partial charge < -0.3 is 9.47 Å². The first-order chi connectivity index (χ1) is 9.35. The molecule has 0 aliphatic carbocycles. The van der Waals surface area contributed by atoms with Gasteiger partial charge in [0.15, 0.2) is 12.3 Å². The van der Waals surface area contributed by atoms with Gasteiger partial charge in [-0.05, 0) is 0 Å². The lowest BCUT2D eigenvalue weighted by molar-refractivity contribution is -0.155. The van der Waals surface area contributed by atoms with Gasteiger partial charge in [0.2, 0.25) is 0 Å². The van der Waals surface area contributed by atoms with E-state index in [1.165, 1.54) is 6.20 Å². The van der Waals surface area contributed by atoms with Crippen LogP contribution in [0, 0.1) is 0 Å². The molecule has 1 aromatic rings. The standard InChI is InChI=1S/C10H12N2O7S/c1-20(15,16)19-8-7-5(4-17-7)18-9(8)12-3-2-6(13)11-10(12)14/h2-3,5,7-9H,4H2,1H3,(H,11,13,14). The van der Waals surface area contributed by atoms with Gasteiger partial charge in [-0.3, -0.25) is 18.5 Å². The van der Waals surface area contributed by atoms with E-state index >= 15 is 0 Å². The van der Waals surface area contributed by atoms with Crippen molar-refractivity contribution >= 4 is 10.1 Å². The molecule has 0 saturated carbocycles. The van der Waals surface area contributed by atoms with E-state index in [-0.39, 0.29) is 6.10 Å². The minimum absolute atomic E-state index is 0.308. The first kappa shape index (κ1) is 13.5. The van der Waals surface area contributed by atoms with Gasteiger partial charge in [0.25, 0.3) is 15.7 Å². The Balaban J connectivity index is 1.98. The second kappa shape index (κ2) is 4.52. The SMILES string of the molecule is CS(=O)(=O)OC1C2OCC2OC1n1ccc(=O)[nH]c1=O. The third kappa shape index (κ3) is 2.30. The van der Waals surface area contributed by atoms with Crippen LogP contribution in [0.3, 0.4) is 0 Å². The zero-order valence-electron chi connectivity index (χ0n) is 10.4. The number of ether oxygens (including phenoxy) is 2. The van der Waals surface area contributed by atoms with Crippen molar-refractivity contribution in [1.29, 1.82) is 0 Å². The molecular weight excluding hydrogens is 292 g/mol. The number of aromatic nitrogens is 2. The molecule has 4 unspecified atom stereocenters. The summed E-state index contributed by atoms with van der Waals surface area (Å²) in [7, 11) is -3.74. The Morgan fingerprint density at radius 1 is 1.45 bits per heavy atom. The number of nitrogens with zero attached hydrogens (tertiary/aromatic N) is 1. The number of hydrogen-bond acceptors (Lipinski definition) is 7. The van der Waals surface area contributed by atoms with Crippen LogP contribution in [-0.2, 0) is 23.8 Å². The lowest BCUT2D eigenvalue weighted by Crippen LogP contribution is -2.48. The first-order valence-electron chi connectivity index (χ1n) is 5.82. The molecule has 4 atom stereocenters. The van der Waals surface area contributed by atoms with Gasteiger partial charge in [0.05, 0.1) is 12.9 Å². The van der Waals surface area contributed by atoms with E-state index in [0.29, 0.717) is 6.61 Å². The molecule has 3 heterocycles. The van der Waals surface area contributed by atoms with Crippen molar-refractivity contribution in [3.05, 3.63) is 33.1 Å². The van der Waals surface area contributed by atoms with Gasteiger partial charge in [-0.25, -0.2) is 4.79 Å². The highest BCUT2D eigenvalue weighted by molar-refractivity contribution is 7.86. The van der Waals surface area contributed by atoms with E-state index in [2.05, 4.69) is 4.98 Å². The van der Waals surface area contributed by atoms with Crippen molar-refractivity contribution in [2.24, 2.45) is 0 Å². The molecule has 2 saturated heterocycles. The van der Waals surface area contributed by atoms with Gasteiger partial charge in [-0.1, -0.05) is 0 Å². The van der Waals surface area contributed by atoms with Crippen molar-refractivity contribution in [3.63, 3.8) is 0 Å². The third-order valence-corrected chi connectivity index (χ3v) is 3.72. The summed E-state index contributed by atoms with van der Waals surface area (Å²) >= 11 is 0. The summed E-state index contributed by atoms with van der Waals surface area (Å²) < 4.78 is 39.4. The number of H-pyrrole nitrogens is 1. The van der Waals surface area contributed by atoms with Gasteiger partial charge in [0.1, 0.15) is 12.2 Å². The predicted molar refractivity (Wildman–Crippen MR) is 64.7 cm³/mol. The van der Waals surface area contributed by atoms with Gasteiger partial charge in [-0.2, -0.15) is 8.42 Å². The molecular formula is C10H12N2O7S. The molecule has 1 aromatic heterocycles. The topological polar surface area (TPSA) is 117 Å². The number of rotatable bonds is 3. The van der Waals surface area contributed by atoms with Crippen LogP contribution in [-0.4, -0.2) is 49.1 Å². The molecule has 20 heavy (non-hydrogen) atoms. The molecule has 0 spiro atoms. The average Bonchev–Trinajstić information content (AvgIpc) is 2.49. The summed E-state index contributed by atoms with van der Waals surface area (Å²) in [6.07, 6.45) is -0.668. The fourth-order valence-corrected chi connectivity index (χ4v) is 2.89. The summed E-state index contributed by atoms with van der Waals surface area (Å²) in [6.45, 7) is 0.308. The van der Waals surface area contributed by atoms with E-state index in [1.807, 2.05) is 0 Å². The lowest BCUT2D eigenvalue weighted by Gasteiger charge is -2.31. The second-order valence-electron chi connectivity index (χ2n) is 4.65. The van der Waals surface area contributed by atoms with E-state index in [1.54, 1.807) is 0 Å². The molecule has 2 fully saturated rings. The highest BCUT2D eigenvalue weighted by Crippen LogP contribution is 2.38. The van der Waals surface area contributed by atoms with Crippen molar-refractivity contribution in [2.75, 3.05) is 12.9 Å². The predicted octanol–water partition coefficient (Wildman–Crippen LogP) is -1.82. The van der Waals surface area contributed by atoms with Crippen LogP contribution in [0.1, 0.15) is 6.23 Å². The zero-order valence-corrected chi connectivity index (χ0v) is 11.2. The third-order valence-electron chi connectivity index (χ3n) is 3.15. The molecule has 2 aliphatic heterocycles.